The lowest BCUT2D eigenvalue weighted by Gasteiger charge is -2.18. The molecule has 6 nitrogen and oxygen atoms in total. The molecule has 0 saturated heterocycles. The van der Waals surface area contributed by atoms with E-state index in [1.54, 1.807) is 0 Å². The van der Waals surface area contributed by atoms with Crippen molar-refractivity contribution >= 4 is 44.1 Å². The molecule has 9 heteroatoms. The Bertz CT molecular complexity index is 976. The van der Waals surface area contributed by atoms with Crippen LogP contribution in [0.2, 0.25) is 10.0 Å². The van der Waals surface area contributed by atoms with E-state index < -0.39 is 26.2 Å². The van der Waals surface area contributed by atoms with Crippen LogP contribution in [0.15, 0.2) is 28.3 Å². The second-order valence-corrected chi connectivity index (χ2v) is 7.77. The van der Waals surface area contributed by atoms with Crippen molar-refractivity contribution in [2.45, 2.75) is 11.7 Å². The van der Waals surface area contributed by atoms with Gasteiger partial charge in [0.1, 0.15) is 0 Å². The standard InChI is InChI=1S/C13H12Cl2N2O4S/c1-3-4-8(22(2,20)21)9-10(15)6(14)5-7-11(9)17-13(19)12(18)16-7/h3,5,8H,1,4H2,2H3,(H,16,18)(H,17,19). The maximum atomic E-state index is 12.1. The van der Waals surface area contributed by atoms with Gasteiger partial charge >= 0.3 is 11.1 Å². The lowest BCUT2D eigenvalue weighted by molar-refractivity contribution is 0.588. The van der Waals surface area contributed by atoms with Crippen LogP contribution in [0.3, 0.4) is 0 Å². The third-order valence-electron chi connectivity index (χ3n) is 3.17. The summed E-state index contributed by atoms with van der Waals surface area (Å²) in [5.74, 6) is 0. The predicted molar refractivity (Wildman–Crippen MR) is 87.6 cm³/mol. The minimum absolute atomic E-state index is 0.00846. The number of aromatic amines is 2. The van der Waals surface area contributed by atoms with Gasteiger partial charge in [-0.15, -0.1) is 6.58 Å². The molecule has 0 amide bonds. The molecule has 0 fully saturated rings. The highest BCUT2D eigenvalue weighted by molar-refractivity contribution is 7.91. The lowest BCUT2D eigenvalue weighted by Crippen LogP contribution is -2.29. The Morgan fingerprint density at radius 3 is 2.41 bits per heavy atom. The summed E-state index contributed by atoms with van der Waals surface area (Å²) in [6, 6.07) is 1.35. The topological polar surface area (TPSA) is 99.9 Å². The van der Waals surface area contributed by atoms with Gasteiger partial charge in [-0.05, 0) is 12.5 Å². The Labute approximate surface area is 135 Å². The van der Waals surface area contributed by atoms with E-state index in [0.29, 0.717) is 0 Å². The van der Waals surface area contributed by atoms with Gasteiger partial charge in [0.15, 0.2) is 9.84 Å². The van der Waals surface area contributed by atoms with Gasteiger partial charge in [0.25, 0.3) is 0 Å². The van der Waals surface area contributed by atoms with E-state index in [1.165, 1.54) is 12.1 Å². The minimum Gasteiger partial charge on any atom is -0.316 e. The fraction of sp³-hybridized carbons (Fsp3) is 0.231. The highest BCUT2D eigenvalue weighted by Crippen LogP contribution is 2.39. The van der Waals surface area contributed by atoms with Crippen LogP contribution in [0.1, 0.15) is 17.2 Å². The van der Waals surface area contributed by atoms with Gasteiger partial charge in [-0.2, -0.15) is 0 Å². The molecule has 0 aliphatic carbocycles. The molecule has 0 aliphatic heterocycles. The van der Waals surface area contributed by atoms with Gasteiger partial charge in [-0.1, -0.05) is 29.3 Å². The third-order valence-corrected chi connectivity index (χ3v) is 5.43. The summed E-state index contributed by atoms with van der Waals surface area (Å²) in [6.45, 7) is 3.53. The molecule has 1 atom stereocenters. The molecular formula is C13H12Cl2N2O4S. The van der Waals surface area contributed by atoms with Crippen LogP contribution in [0.5, 0.6) is 0 Å². The number of rotatable bonds is 4. The number of halogens is 2. The molecule has 0 aliphatic rings. The summed E-state index contributed by atoms with van der Waals surface area (Å²) in [5, 5.41) is -0.959. The summed E-state index contributed by atoms with van der Waals surface area (Å²) in [5.41, 5.74) is -1.29. The van der Waals surface area contributed by atoms with Crippen LogP contribution in [0.4, 0.5) is 0 Å². The maximum Gasteiger partial charge on any atom is 0.314 e. The van der Waals surface area contributed by atoms with Gasteiger partial charge in [-0.25, -0.2) is 8.42 Å². The highest BCUT2D eigenvalue weighted by atomic mass is 35.5. The summed E-state index contributed by atoms with van der Waals surface area (Å²) >= 11 is 12.2. The zero-order valence-corrected chi connectivity index (χ0v) is 13.8. The van der Waals surface area contributed by atoms with E-state index >= 15 is 0 Å². The predicted octanol–water partition coefficient (Wildman–Crippen LogP) is 2.18. The molecule has 1 aromatic carbocycles. The maximum absolute atomic E-state index is 12.1. The molecule has 2 rings (SSSR count). The largest absolute Gasteiger partial charge is 0.316 e. The second-order valence-electron chi connectivity index (χ2n) is 4.76. The van der Waals surface area contributed by atoms with E-state index in [1.807, 2.05) is 0 Å². The number of sulfone groups is 1. The third kappa shape index (κ3) is 2.97. The van der Waals surface area contributed by atoms with Gasteiger partial charge in [0, 0.05) is 11.8 Å². The molecule has 1 unspecified atom stereocenters. The Kier molecular flexibility index (Phi) is 4.51. The fourth-order valence-electron chi connectivity index (χ4n) is 2.19. The molecule has 0 saturated carbocycles. The van der Waals surface area contributed by atoms with Crippen molar-refractivity contribution in [1.82, 2.24) is 9.97 Å². The molecule has 2 aromatic rings. The van der Waals surface area contributed by atoms with Crippen molar-refractivity contribution in [3.63, 3.8) is 0 Å². The van der Waals surface area contributed by atoms with E-state index in [-0.39, 0.29) is 33.1 Å². The molecular weight excluding hydrogens is 351 g/mol. The number of benzene rings is 1. The lowest BCUT2D eigenvalue weighted by atomic mass is 10.1. The summed E-state index contributed by atoms with van der Waals surface area (Å²) < 4.78 is 24.1. The molecule has 2 N–H and O–H groups in total. The van der Waals surface area contributed by atoms with Crippen LogP contribution in [-0.2, 0) is 9.84 Å². The van der Waals surface area contributed by atoms with Crippen LogP contribution >= 0.6 is 23.2 Å². The highest BCUT2D eigenvalue weighted by Gasteiger charge is 2.28. The Morgan fingerprint density at radius 2 is 1.86 bits per heavy atom. The molecule has 22 heavy (non-hydrogen) atoms. The summed E-state index contributed by atoms with van der Waals surface area (Å²) in [4.78, 5) is 27.7. The van der Waals surface area contributed by atoms with E-state index in [2.05, 4.69) is 16.5 Å². The van der Waals surface area contributed by atoms with Gasteiger partial charge in [-0.3, -0.25) is 9.59 Å². The summed E-state index contributed by atoms with van der Waals surface area (Å²) in [6.07, 6.45) is 2.56. The average Bonchev–Trinajstić information content (AvgIpc) is 2.40. The number of hydrogen-bond acceptors (Lipinski definition) is 4. The fourth-order valence-corrected chi connectivity index (χ4v) is 3.89. The quantitative estimate of drug-likeness (QED) is 0.642. The van der Waals surface area contributed by atoms with Gasteiger partial charge in [0.05, 0.1) is 26.3 Å². The van der Waals surface area contributed by atoms with Gasteiger partial charge in [0.2, 0.25) is 0 Å². The van der Waals surface area contributed by atoms with E-state index in [0.717, 1.165) is 6.26 Å². The van der Waals surface area contributed by atoms with Crippen molar-refractivity contribution in [2.24, 2.45) is 0 Å². The Morgan fingerprint density at radius 1 is 1.27 bits per heavy atom. The van der Waals surface area contributed by atoms with E-state index in [9.17, 15) is 18.0 Å². The molecule has 0 bridgehead atoms. The number of aromatic nitrogens is 2. The van der Waals surface area contributed by atoms with Gasteiger partial charge < -0.3 is 9.97 Å². The Hall–Kier alpha value is -1.57. The second kappa shape index (κ2) is 5.91. The molecule has 0 radical (unpaired) electrons. The van der Waals surface area contributed by atoms with Crippen molar-refractivity contribution in [1.29, 1.82) is 0 Å². The monoisotopic (exact) mass is 362 g/mol. The van der Waals surface area contributed by atoms with Crippen molar-refractivity contribution in [3.8, 4) is 0 Å². The zero-order chi connectivity index (χ0) is 16.7. The Balaban J connectivity index is 3.00. The molecule has 118 valence electrons. The number of hydrogen-bond donors (Lipinski definition) is 2. The number of allylic oxidation sites excluding steroid dienone is 1. The average molecular weight is 363 g/mol. The van der Waals surface area contributed by atoms with Crippen molar-refractivity contribution in [2.75, 3.05) is 6.26 Å². The molecule has 1 heterocycles. The SMILES string of the molecule is C=CCC(c1c(Cl)c(Cl)cc2[nH]c(=O)c(=O)[nH]c12)S(C)(=O)=O. The number of fused-ring (bicyclic) bond motifs is 1. The molecule has 1 aromatic heterocycles. The first-order chi connectivity index (χ1) is 10.2. The smallest absolute Gasteiger partial charge is 0.314 e. The normalized spacial score (nSPS) is 13.2. The minimum atomic E-state index is -3.56. The number of H-pyrrole nitrogens is 2. The molecule has 0 spiro atoms. The number of nitrogens with one attached hydrogen (secondary N) is 2. The first-order valence-electron chi connectivity index (χ1n) is 6.10. The van der Waals surface area contributed by atoms with Crippen LogP contribution in [0.25, 0.3) is 11.0 Å². The van der Waals surface area contributed by atoms with Crippen LogP contribution in [-0.4, -0.2) is 24.6 Å². The van der Waals surface area contributed by atoms with Crippen LogP contribution in [0, 0.1) is 0 Å². The van der Waals surface area contributed by atoms with E-state index in [4.69, 9.17) is 23.2 Å². The zero-order valence-electron chi connectivity index (χ0n) is 11.4. The summed E-state index contributed by atoms with van der Waals surface area (Å²) in [7, 11) is -3.56. The van der Waals surface area contributed by atoms with Crippen molar-refractivity contribution < 1.29 is 8.42 Å². The first-order valence-corrected chi connectivity index (χ1v) is 8.81. The first kappa shape index (κ1) is 16.8. The van der Waals surface area contributed by atoms with Crippen LogP contribution < -0.4 is 11.1 Å². The van der Waals surface area contributed by atoms with Crippen molar-refractivity contribution in [3.05, 3.63) is 55.0 Å².